The fourth-order valence-corrected chi connectivity index (χ4v) is 11.8. The summed E-state index contributed by atoms with van der Waals surface area (Å²) in [7, 11) is 0. The zero-order valence-corrected chi connectivity index (χ0v) is 22.9. The van der Waals surface area contributed by atoms with Gasteiger partial charge < -0.3 is 0 Å². The van der Waals surface area contributed by atoms with Crippen molar-refractivity contribution in [2.45, 2.75) is 25.9 Å². The summed E-state index contributed by atoms with van der Waals surface area (Å²) in [5, 5.41) is 6.67. The molecule has 0 heterocycles. The van der Waals surface area contributed by atoms with Gasteiger partial charge in [0.25, 0.3) is 0 Å². The van der Waals surface area contributed by atoms with Gasteiger partial charge in [-0.2, -0.15) is 0 Å². The van der Waals surface area contributed by atoms with Gasteiger partial charge in [-0.15, -0.1) is 0 Å². The summed E-state index contributed by atoms with van der Waals surface area (Å²) >= 11 is 0. The number of nitrogens with one attached hydrogen (secondary N) is 1. The van der Waals surface area contributed by atoms with Crippen molar-refractivity contribution in [2.24, 2.45) is 0 Å². The van der Waals surface area contributed by atoms with Crippen LogP contribution in [0.25, 0.3) is 0 Å². The molecular formula is C35H34NOP. The van der Waals surface area contributed by atoms with Crippen LogP contribution in [0.1, 0.15) is 30.9 Å². The van der Waals surface area contributed by atoms with E-state index in [0.29, 0.717) is 6.16 Å². The van der Waals surface area contributed by atoms with Crippen molar-refractivity contribution in [3.8, 4) is 0 Å². The molecule has 3 heteroatoms. The van der Waals surface area contributed by atoms with Crippen LogP contribution in [0.3, 0.4) is 0 Å². The molecule has 1 amide bonds. The Labute approximate surface area is 226 Å². The number of hydrogen-bond donors (Lipinski definition) is 1. The molecule has 0 radical (unpaired) electrons. The van der Waals surface area contributed by atoms with E-state index in [1.54, 1.807) is 0 Å². The molecule has 0 fully saturated rings. The second kappa shape index (κ2) is 10.8. The Morgan fingerprint density at radius 3 is 1.42 bits per heavy atom. The minimum absolute atomic E-state index is 0.0524. The van der Waals surface area contributed by atoms with E-state index in [0.717, 1.165) is 32.7 Å². The first-order valence-corrected chi connectivity index (χ1v) is 15.6. The summed E-state index contributed by atoms with van der Waals surface area (Å²) in [6.45, 7) is 0.490. The summed E-state index contributed by atoms with van der Waals surface area (Å²) in [5.41, 5.74) is 3.19. The SMILES string of the molecule is CC(C)c1ccccc1NC(=O)P(Cc1ccccc1)(c1ccccc1)(c1ccccc1)c1ccccc1. The Morgan fingerprint density at radius 1 is 0.579 bits per heavy atom. The van der Waals surface area contributed by atoms with Crippen molar-refractivity contribution >= 4 is 33.9 Å². The molecule has 0 unspecified atom stereocenters. The average Bonchev–Trinajstić information content (AvgIpc) is 2.98. The van der Waals surface area contributed by atoms with E-state index in [1.165, 1.54) is 0 Å². The van der Waals surface area contributed by atoms with Crippen LogP contribution in [0, 0.1) is 0 Å². The maximum atomic E-state index is 15.5. The molecule has 0 aliphatic heterocycles. The average molecular weight is 516 g/mol. The Hall–Kier alpha value is -4.00. The van der Waals surface area contributed by atoms with Crippen molar-refractivity contribution in [1.29, 1.82) is 0 Å². The van der Waals surface area contributed by atoms with Crippen LogP contribution in [0.2, 0.25) is 0 Å². The third kappa shape index (κ3) is 4.26. The van der Waals surface area contributed by atoms with Crippen molar-refractivity contribution < 1.29 is 4.79 Å². The van der Waals surface area contributed by atoms with Gasteiger partial charge in [0, 0.05) is 0 Å². The number of amides is 1. The molecule has 5 aromatic rings. The van der Waals surface area contributed by atoms with Crippen molar-refractivity contribution in [3.63, 3.8) is 0 Å². The summed E-state index contributed by atoms with van der Waals surface area (Å²) in [4.78, 5) is 15.5. The molecule has 0 aromatic heterocycles. The normalized spacial score (nSPS) is 12.4. The predicted molar refractivity (Wildman–Crippen MR) is 165 cm³/mol. The second-order valence-electron chi connectivity index (χ2n) is 10.1. The molecule has 0 saturated carbocycles. The van der Waals surface area contributed by atoms with E-state index in [-0.39, 0.29) is 11.6 Å². The van der Waals surface area contributed by atoms with E-state index in [9.17, 15) is 0 Å². The van der Waals surface area contributed by atoms with Crippen LogP contribution in [0.5, 0.6) is 0 Å². The molecule has 5 aromatic carbocycles. The Balaban J connectivity index is 1.91. The molecule has 1 N–H and O–H groups in total. The van der Waals surface area contributed by atoms with Crippen LogP contribution in [-0.2, 0) is 6.16 Å². The molecule has 38 heavy (non-hydrogen) atoms. The van der Waals surface area contributed by atoms with Gasteiger partial charge in [0.1, 0.15) is 0 Å². The van der Waals surface area contributed by atoms with E-state index >= 15 is 4.79 Å². The van der Waals surface area contributed by atoms with Gasteiger partial charge in [-0.1, -0.05) is 0 Å². The van der Waals surface area contributed by atoms with Crippen molar-refractivity contribution in [3.05, 3.63) is 157 Å². The molecule has 0 aliphatic carbocycles. The summed E-state index contributed by atoms with van der Waals surface area (Å²) in [6, 6.07) is 50.0. The monoisotopic (exact) mass is 515 g/mol. The number of carbonyl (C=O) groups is 1. The van der Waals surface area contributed by atoms with Crippen molar-refractivity contribution in [1.82, 2.24) is 0 Å². The van der Waals surface area contributed by atoms with E-state index < -0.39 is 6.60 Å². The van der Waals surface area contributed by atoms with Gasteiger partial charge in [-0.3, -0.25) is 0 Å². The zero-order valence-electron chi connectivity index (χ0n) is 22.0. The number of benzene rings is 5. The third-order valence-electron chi connectivity index (χ3n) is 7.59. The van der Waals surface area contributed by atoms with E-state index in [4.69, 9.17) is 0 Å². The van der Waals surface area contributed by atoms with E-state index in [1.807, 2.05) is 42.5 Å². The molecule has 0 saturated heterocycles. The second-order valence-corrected chi connectivity index (χ2v) is 15.0. The molecule has 0 aliphatic rings. The Kier molecular flexibility index (Phi) is 7.27. The fourth-order valence-electron chi connectivity index (χ4n) is 5.72. The van der Waals surface area contributed by atoms with Crippen LogP contribution in [-0.4, -0.2) is 5.65 Å². The molecular weight excluding hydrogens is 481 g/mol. The first-order chi connectivity index (χ1) is 18.6. The molecule has 0 spiro atoms. The fraction of sp³-hybridized carbons (Fsp3) is 0.114. The molecule has 0 bridgehead atoms. The standard InChI is InChI=1S/C35H34NOP/c1-28(2)33-25-15-16-26-34(33)36-35(37)38(30-19-9-4-10-20-30,31-21-11-5-12-22-31,32-23-13-6-14-24-32)27-29-17-7-3-8-18-29/h3-26,28H,27H2,1-2H3,(H,36,37). The first kappa shape index (κ1) is 25.6. The number of para-hydroxylation sites is 1. The molecule has 5 rings (SSSR count). The summed E-state index contributed by atoms with van der Waals surface area (Å²) in [5.74, 6) is 0.275. The van der Waals surface area contributed by atoms with Crippen LogP contribution >= 0.6 is 6.60 Å². The van der Waals surface area contributed by atoms with E-state index in [2.05, 4.69) is 122 Å². The molecule has 190 valence electrons. The first-order valence-electron chi connectivity index (χ1n) is 13.2. The third-order valence-corrected chi connectivity index (χ3v) is 13.9. The molecule has 0 atom stereocenters. The zero-order chi connectivity index (χ0) is 26.5. The van der Waals surface area contributed by atoms with Gasteiger partial charge in [0.2, 0.25) is 0 Å². The topological polar surface area (TPSA) is 29.1 Å². The number of carbonyl (C=O) groups excluding carboxylic acids is 1. The van der Waals surface area contributed by atoms with Gasteiger partial charge in [-0.05, 0) is 0 Å². The minimum atomic E-state index is -3.84. The molecule has 2 nitrogen and oxygen atoms in total. The number of hydrogen-bond acceptors (Lipinski definition) is 1. The summed E-state index contributed by atoms with van der Waals surface area (Å²) < 4.78 is 0. The van der Waals surface area contributed by atoms with Crippen molar-refractivity contribution in [2.75, 3.05) is 5.32 Å². The van der Waals surface area contributed by atoms with Gasteiger partial charge in [0.05, 0.1) is 0 Å². The number of rotatable bonds is 8. The predicted octanol–water partition coefficient (Wildman–Crippen LogP) is 8.07. The number of anilines is 1. The van der Waals surface area contributed by atoms with Crippen LogP contribution in [0.4, 0.5) is 10.5 Å². The van der Waals surface area contributed by atoms with Crippen LogP contribution < -0.4 is 21.2 Å². The Bertz CT molecular complexity index is 1400. The Morgan fingerprint density at radius 2 is 0.974 bits per heavy atom. The van der Waals surface area contributed by atoms with Gasteiger partial charge >= 0.3 is 227 Å². The van der Waals surface area contributed by atoms with Gasteiger partial charge in [-0.25, -0.2) is 0 Å². The maximum absolute atomic E-state index is 15.5. The summed E-state index contributed by atoms with van der Waals surface area (Å²) in [6.07, 6.45) is 0.583. The van der Waals surface area contributed by atoms with Crippen LogP contribution in [0.15, 0.2) is 146 Å². The quantitative estimate of drug-likeness (QED) is 0.208. The van der Waals surface area contributed by atoms with Gasteiger partial charge in [0.15, 0.2) is 0 Å².